The van der Waals surface area contributed by atoms with E-state index in [1.165, 1.54) is 30.5 Å². The van der Waals surface area contributed by atoms with E-state index in [9.17, 15) is 14.9 Å². The van der Waals surface area contributed by atoms with E-state index >= 15 is 0 Å². The highest BCUT2D eigenvalue weighted by atomic mass is 16.6. The maximum atomic E-state index is 12.0. The first-order valence-electron chi connectivity index (χ1n) is 9.94. The van der Waals surface area contributed by atoms with Gasteiger partial charge in [-0.25, -0.2) is 0 Å². The number of hydrogen-bond acceptors (Lipinski definition) is 5. The molecular weight excluding hydrogens is 370 g/mol. The van der Waals surface area contributed by atoms with Crippen molar-refractivity contribution in [1.29, 1.82) is 0 Å². The Morgan fingerprint density at radius 2 is 1.93 bits per heavy atom. The lowest BCUT2D eigenvalue weighted by molar-refractivity contribution is -0.385. The number of likely N-dealkylation sites (tertiary alicyclic amines) is 1. The number of nitrogens with zero attached hydrogens (tertiary/aromatic N) is 2. The number of benzene rings is 2. The summed E-state index contributed by atoms with van der Waals surface area (Å²) in [5.41, 5.74) is 2.12. The number of amides is 1. The number of carbonyl (C=O) groups excluding carboxylic acids is 1. The fourth-order valence-electron chi connectivity index (χ4n) is 3.58. The number of ether oxygens (including phenoxy) is 1. The van der Waals surface area contributed by atoms with Gasteiger partial charge in [-0.1, -0.05) is 43.3 Å². The van der Waals surface area contributed by atoms with E-state index < -0.39 is 4.92 Å². The molecule has 3 rings (SSSR count). The summed E-state index contributed by atoms with van der Waals surface area (Å²) < 4.78 is 5.30. The van der Waals surface area contributed by atoms with E-state index in [2.05, 4.69) is 29.3 Å². The first-order chi connectivity index (χ1) is 14.0. The lowest BCUT2D eigenvalue weighted by atomic mass is 9.99. The number of rotatable bonds is 8. The van der Waals surface area contributed by atoms with Gasteiger partial charge in [0.15, 0.2) is 12.4 Å². The Hall–Kier alpha value is -2.93. The van der Waals surface area contributed by atoms with Crippen LogP contribution in [0.1, 0.15) is 30.9 Å². The van der Waals surface area contributed by atoms with E-state index in [0.29, 0.717) is 6.54 Å². The van der Waals surface area contributed by atoms with Crippen LogP contribution in [0.15, 0.2) is 48.5 Å². The lowest BCUT2D eigenvalue weighted by Gasteiger charge is -2.30. The molecule has 1 amide bonds. The average molecular weight is 397 g/mol. The van der Waals surface area contributed by atoms with Gasteiger partial charge in [0.05, 0.1) is 4.92 Å². The SMILES string of the molecule is CC1CCCN(Cc2ccc(CNC(=O)COc3ccccc3[N+](=O)[O-])cc2)C1. The highest BCUT2D eigenvalue weighted by Gasteiger charge is 2.16. The number of nitrogens with one attached hydrogen (secondary N) is 1. The highest BCUT2D eigenvalue weighted by molar-refractivity contribution is 5.77. The van der Waals surface area contributed by atoms with Gasteiger partial charge in [-0.15, -0.1) is 0 Å². The molecule has 1 unspecified atom stereocenters. The van der Waals surface area contributed by atoms with Gasteiger partial charge < -0.3 is 10.1 Å². The largest absolute Gasteiger partial charge is 0.477 e. The van der Waals surface area contributed by atoms with Crippen LogP contribution in [0.25, 0.3) is 0 Å². The van der Waals surface area contributed by atoms with Crippen LogP contribution >= 0.6 is 0 Å². The van der Waals surface area contributed by atoms with Crippen LogP contribution in [0.4, 0.5) is 5.69 Å². The molecule has 1 fully saturated rings. The number of nitro benzene ring substituents is 1. The fourth-order valence-corrected chi connectivity index (χ4v) is 3.58. The van der Waals surface area contributed by atoms with Crippen molar-refractivity contribution in [1.82, 2.24) is 10.2 Å². The summed E-state index contributed by atoms with van der Waals surface area (Å²) in [6.45, 7) is 5.69. The molecule has 7 nitrogen and oxygen atoms in total. The lowest BCUT2D eigenvalue weighted by Crippen LogP contribution is -2.33. The molecule has 2 aromatic carbocycles. The van der Waals surface area contributed by atoms with Crippen molar-refractivity contribution < 1.29 is 14.5 Å². The monoisotopic (exact) mass is 397 g/mol. The summed E-state index contributed by atoms with van der Waals surface area (Å²) >= 11 is 0. The smallest absolute Gasteiger partial charge is 0.310 e. The number of hydrogen-bond donors (Lipinski definition) is 1. The number of piperidine rings is 1. The molecule has 1 heterocycles. The van der Waals surface area contributed by atoms with Crippen LogP contribution in [0.5, 0.6) is 5.75 Å². The Bertz CT molecular complexity index is 838. The zero-order chi connectivity index (χ0) is 20.6. The predicted octanol–water partition coefficient (Wildman–Crippen LogP) is 3.52. The molecule has 154 valence electrons. The third-order valence-corrected chi connectivity index (χ3v) is 5.08. The quantitative estimate of drug-likeness (QED) is 0.544. The van der Waals surface area contributed by atoms with Gasteiger partial charge in [0.25, 0.3) is 5.91 Å². The van der Waals surface area contributed by atoms with E-state index in [0.717, 1.165) is 31.1 Å². The Labute approximate surface area is 170 Å². The molecule has 1 saturated heterocycles. The van der Waals surface area contributed by atoms with Crippen molar-refractivity contribution in [3.8, 4) is 5.75 Å². The maximum Gasteiger partial charge on any atom is 0.310 e. The average Bonchev–Trinajstić information content (AvgIpc) is 2.72. The van der Waals surface area contributed by atoms with Gasteiger partial charge >= 0.3 is 5.69 Å². The summed E-state index contributed by atoms with van der Waals surface area (Å²) in [5, 5.41) is 13.7. The molecule has 0 spiro atoms. The van der Waals surface area contributed by atoms with Crippen LogP contribution < -0.4 is 10.1 Å². The molecular formula is C22H27N3O4. The van der Waals surface area contributed by atoms with E-state index in [4.69, 9.17) is 4.74 Å². The minimum absolute atomic E-state index is 0.0871. The summed E-state index contributed by atoms with van der Waals surface area (Å²) in [6, 6.07) is 14.3. The molecule has 0 aliphatic carbocycles. The molecule has 0 saturated carbocycles. The van der Waals surface area contributed by atoms with Gasteiger partial charge in [0, 0.05) is 25.7 Å². The van der Waals surface area contributed by atoms with Crippen LogP contribution in [0.3, 0.4) is 0 Å². The summed E-state index contributed by atoms with van der Waals surface area (Å²) in [6.07, 6.45) is 2.58. The molecule has 1 aliphatic heterocycles. The Morgan fingerprint density at radius 1 is 1.21 bits per heavy atom. The molecule has 0 bridgehead atoms. The van der Waals surface area contributed by atoms with Gasteiger partial charge in [0.2, 0.25) is 0 Å². The minimum atomic E-state index is -0.528. The standard InChI is InChI=1S/C22H27N3O4/c1-17-5-4-12-24(14-17)15-19-10-8-18(9-11-19)13-23-22(26)16-29-21-7-3-2-6-20(21)25(27)28/h2-3,6-11,17H,4-5,12-16H2,1H3,(H,23,26). The summed E-state index contributed by atoms with van der Waals surface area (Å²) in [7, 11) is 0. The minimum Gasteiger partial charge on any atom is -0.477 e. The topological polar surface area (TPSA) is 84.7 Å². The molecule has 7 heteroatoms. The summed E-state index contributed by atoms with van der Waals surface area (Å²) in [5.74, 6) is 0.524. The van der Waals surface area contributed by atoms with Crippen LogP contribution in [-0.2, 0) is 17.9 Å². The van der Waals surface area contributed by atoms with Crippen LogP contribution in [0.2, 0.25) is 0 Å². The third-order valence-electron chi connectivity index (χ3n) is 5.08. The highest BCUT2D eigenvalue weighted by Crippen LogP contribution is 2.25. The van der Waals surface area contributed by atoms with Crippen molar-refractivity contribution in [3.05, 3.63) is 69.8 Å². The van der Waals surface area contributed by atoms with Crippen molar-refractivity contribution >= 4 is 11.6 Å². The normalized spacial score (nSPS) is 16.9. The Balaban J connectivity index is 1.44. The number of carbonyl (C=O) groups is 1. The predicted molar refractivity (Wildman–Crippen MR) is 111 cm³/mol. The van der Waals surface area contributed by atoms with Crippen molar-refractivity contribution in [2.45, 2.75) is 32.9 Å². The molecule has 1 aliphatic rings. The van der Waals surface area contributed by atoms with E-state index in [1.54, 1.807) is 12.1 Å². The molecule has 0 radical (unpaired) electrons. The van der Waals surface area contributed by atoms with Gasteiger partial charge in [-0.2, -0.15) is 0 Å². The molecule has 0 aromatic heterocycles. The van der Waals surface area contributed by atoms with Crippen LogP contribution in [0, 0.1) is 16.0 Å². The Morgan fingerprint density at radius 3 is 2.66 bits per heavy atom. The molecule has 2 aromatic rings. The zero-order valence-corrected chi connectivity index (χ0v) is 16.7. The van der Waals surface area contributed by atoms with Crippen molar-refractivity contribution in [2.24, 2.45) is 5.92 Å². The molecule has 1 N–H and O–H groups in total. The second kappa shape index (κ2) is 10.0. The van der Waals surface area contributed by atoms with E-state index in [-0.39, 0.29) is 24.0 Å². The van der Waals surface area contributed by atoms with Gasteiger partial charge in [0.1, 0.15) is 0 Å². The first kappa shape index (κ1) is 20.8. The number of nitro groups is 1. The zero-order valence-electron chi connectivity index (χ0n) is 16.7. The second-order valence-corrected chi connectivity index (χ2v) is 7.59. The second-order valence-electron chi connectivity index (χ2n) is 7.59. The molecule has 1 atom stereocenters. The van der Waals surface area contributed by atoms with Crippen molar-refractivity contribution in [2.75, 3.05) is 19.7 Å². The Kier molecular flexibility index (Phi) is 7.19. The maximum absolute atomic E-state index is 12.0. The number of para-hydroxylation sites is 2. The van der Waals surface area contributed by atoms with E-state index in [1.807, 2.05) is 12.1 Å². The van der Waals surface area contributed by atoms with Crippen LogP contribution in [-0.4, -0.2) is 35.4 Å². The third kappa shape index (κ3) is 6.29. The fraction of sp³-hybridized carbons (Fsp3) is 0.409. The van der Waals surface area contributed by atoms with Gasteiger partial charge in [-0.05, 0) is 42.5 Å². The van der Waals surface area contributed by atoms with Crippen molar-refractivity contribution in [3.63, 3.8) is 0 Å². The summed E-state index contributed by atoms with van der Waals surface area (Å²) in [4.78, 5) is 24.9. The van der Waals surface area contributed by atoms with Gasteiger partial charge in [-0.3, -0.25) is 19.8 Å². The molecule has 29 heavy (non-hydrogen) atoms. The first-order valence-corrected chi connectivity index (χ1v) is 9.94.